The first kappa shape index (κ1) is 23.7. The van der Waals surface area contributed by atoms with Crippen LogP contribution in [0.1, 0.15) is 74.9 Å². The molecule has 2 atom stereocenters. The number of nitrogens with zero attached hydrogens (tertiary/aromatic N) is 2. The number of likely N-dealkylation sites (tertiary alicyclic amines) is 1. The van der Waals surface area contributed by atoms with Crippen LogP contribution in [0.5, 0.6) is 5.75 Å². The normalized spacial score (nSPS) is 20.1. The van der Waals surface area contributed by atoms with Gasteiger partial charge in [-0.05, 0) is 80.3 Å². The van der Waals surface area contributed by atoms with Gasteiger partial charge in [0.15, 0.2) is 0 Å². The quantitative estimate of drug-likeness (QED) is 0.668. The third kappa shape index (κ3) is 5.75. The van der Waals surface area contributed by atoms with Crippen molar-refractivity contribution in [2.45, 2.75) is 71.9 Å². The van der Waals surface area contributed by atoms with E-state index in [2.05, 4.69) is 27.3 Å². The fraction of sp³-hybridized carbons (Fsp3) is 0.571. The molecule has 1 saturated heterocycles. The van der Waals surface area contributed by atoms with Crippen LogP contribution in [0.3, 0.4) is 0 Å². The Balaban J connectivity index is 1.53. The van der Waals surface area contributed by atoms with Crippen LogP contribution in [0.4, 0.5) is 0 Å². The molecule has 1 aliphatic heterocycles. The molecule has 1 N–H and O–H groups in total. The number of aromatic nitrogens is 1. The fourth-order valence-corrected chi connectivity index (χ4v) is 5.23. The number of methoxy groups -OCH3 is 1. The predicted molar refractivity (Wildman–Crippen MR) is 132 cm³/mol. The highest BCUT2D eigenvalue weighted by Gasteiger charge is 2.33. The van der Waals surface area contributed by atoms with Gasteiger partial charge in [-0.2, -0.15) is 0 Å². The Labute approximate surface area is 198 Å². The highest BCUT2D eigenvalue weighted by atomic mass is 16.5. The molecule has 0 radical (unpaired) electrons. The maximum Gasteiger partial charge on any atom is 0.225 e. The van der Waals surface area contributed by atoms with Crippen LogP contribution in [-0.4, -0.2) is 36.0 Å². The van der Waals surface area contributed by atoms with E-state index in [0.717, 1.165) is 50.3 Å². The van der Waals surface area contributed by atoms with Crippen molar-refractivity contribution in [2.75, 3.05) is 20.2 Å². The number of rotatable bonds is 6. The van der Waals surface area contributed by atoms with Crippen molar-refractivity contribution in [3.05, 3.63) is 58.9 Å². The Morgan fingerprint density at radius 2 is 1.94 bits per heavy atom. The minimum Gasteiger partial charge on any atom is -0.496 e. The number of aryl methyl sites for hydroxylation is 2. The van der Waals surface area contributed by atoms with Crippen molar-refractivity contribution in [2.24, 2.45) is 11.3 Å². The summed E-state index contributed by atoms with van der Waals surface area (Å²) >= 11 is 0. The van der Waals surface area contributed by atoms with Gasteiger partial charge in [0.25, 0.3) is 0 Å². The molecule has 2 aliphatic rings. The third-order valence-corrected chi connectivity index (χ3v) is 7.13. The van der Waals surface area contributed by atoms with Crippen LogP contribution in [0, 0.1) is 11.3 Å². The van der Waals surface area contributed by atoms with E-state index < -0.39 is 5.41 Å². The minimum atomic E-state index is -0.433. The second-order valence-corrected chi connectivity index (χ2v) is 10.7. The summed E-state index contributed by atoms with van der Waals surface area (Å²) in [6.07, 6.45) is 8.93. The first-order chi connectivity index (χ1) is 15.8. The first-order valence-electron chi connectivity index (χ1n) is 12.5. The standard InChI is InChI=1S/C28H39N3O2/c1-28(2,3)27(32)30-26(24-13-7-8-14-29-24)22-12-9-15-31(18-22)19-23-16-20-10-5-6-11-21(20)17-25(23)33-4/h7-8,13-14,16-17,22,26H,5-6,9-12,15,18-19H2,1-4H3,(H,30,32)/t22-,26-/m1/s1. The molecule has 1 aromatic heterocycles. The molecule has 1 aliphatic carbocycles. The van der Waals surface area contributed by atoms with Crippen molar-refractivity contribution in [1.82, 2.24) is 15.2 Å². The zero-order valence-electron chi connectivity index (χ0n) is 20.7. The molecule has 2 heterocycles. The van der Waals surface area contributed by atoms with Gasteiger partial charge >= 0.3 is 0 Å². The van der Waals surface area contributed by atoms with E-state index in [1.54, 1.807) is 7.11 Å². The predicted octanol–water partition coefficient (Wildman–Crippen LogP) is 5.08. The number of hydrogen-bond acceptors (Lipinski definition) is 4. The number of amides is 1. The Hall–Kier alpha value is -2.40. The molecule has 1 fully saturated rings. The summed E-state index contributed by atoms with van der Waals surface area (Å²) in [4.78, 5) is 20.1. The van der Waals surface area contributed by atoms with Crippen LogP contribution in [0.25, 0.3) is 0 Å². The summed E-state index contributed by atoms with van der Waals surface area (Å²) in [5, 5.41) is 3.34. The summed E-state index contributed by atoms with van der Waals surface area (Å²) in [6, 6.07) is 10.6. The molecule has 0 bridgehead atoms. The average molecular weight is 450 g/mol. The van der Waals surface area contributed by atoms with Gasteiger partial charge in [0.2, 0.25) is 5.91 Å². The lowest BCUT2D eigenvalue weighted by atomic mass is 9.86. The van der Waals surface area contributed by atoms with Crippen LogP contribution in [0.15, 0.2) is 36.5 Å². The van der Waals surface area contributed by atoms with Crippen LogP contribution >= 0.6 is 0 Å². The number of pyridine rings is 1. The number of nitrogens with one attached hydrogen (secondary N) is 1. The van der Waals surface area contributed by atoms with E-state index in [0.29, 0.717) is 5.92 Å². The van der Waals surface area contributed by atoms with E-state index in [-0.39, 0.29) is 11.9 Å². The smallest absolute Gasteiger partial charge is 0.225 e. The second kappa shape index (κ2) is 10.3. The van der Waals surface area contributed by atoms with Gasteiger partial charge in [-0.3, -0.25) is 14.7 Å². The van der Waals surface area contributed by atoms with Gasteiger partial charge in [0, 0.05) is 30.3 Å². The van der Waals surface area contributed by atoms with Crippen LogP contribution in [0.2, 0.25) is 0 Å². The van der Waals surface area contributed by atoms with E-state index in [9.17, 15) is 4.79 Å². The monoisotopic (exact) mass is 449 g/mol. The van der Waals surface area contributed by atoms with Crippen molar-refractivity contribution in [1.29, 1.82) is 0 Å². The summed E-state index contributed by atoms with van der Waals surface area (Å²) in [5.41, 5.74) is 4.76. The van der Waals surface area contributed by atoms with Crippen LogP contribution in [-0.2, 0) is 24.2 Å². The number of carbonyl (C=O) groups excluding carboxylic acids is 1. The molecule has 0 spiro atoms. The zero-order valence-corrected chi connectivity index (χ0v) is 20.7. The molecule has 1 amide bonds. The minimum absolute atomic E-state index is 0.0756. The Morgan fingerprint density at radius 3 is 2.61 bits per heavy atom. The summed E-state index contributed by atoms with van der Waals surface area (Å²) in [6.45, 7) is 8.79. The maximum atomic E-state index is 12.9. The van der Waals surface area contributed by atoms with Gasteiger partial charge in [-0.25, -0.2) is 0 Å². The van der Waals surface area contributed by atoms with E-state index in [4.69, 9.17) is 4.74 Å². The van der Waals surface area contributed by atoms with E-state index in [1.165, 1.54) is 36.0 Å². The molecule has 1 aromatic carbocycles. The van der Waals surface area contributed by atoms with E-state index >= 15 is 0 Å². The van der Waals surface area contributed by atoms with Gasteiger partial charge in [-0.15, -0.1) is 0 Å². The lowest BCUT2D eigenvalue weighted by Gasteiger charge is -2.38. The summed E-state index contributed by atoms with van der Waals surface area (Å²) in [5.74, 6) is 1.41. The Morgan fingerprint density at radius 1 is 1.18 bits per heavy atom. The summed E-state index contributed by atoms with van der Waals surface area (Å²) in [7, 11) is 1.78. The van der Waals surface area contributed by atoms with Crippen molar-refractivity contribution in [3.8, 4) is 5.75 Å². The molecule has 2 aromatic rings. The van der Waals surface area contributed by atoms with Gasteiger partial charge < -0.3 is 10.1 Å². The number of ether oxygens (including phenoxy) is 1. The number of carbonyl (C=O) groups is 1. The Bertz CT molecular complexity index is 952. The number of benzene rings is 1. The molecule has 5 heteroatoms. The molecule has 178 valence electrons. The SMILES string of the molecule is COc1cc2c(cc1CN1CCC[C@@H]([C@@H](NC(=O)C(C)(C)C)c3ccccn3)C1)CCCC2. The fourth-order valence-electron chi connectivity index (χ4n) is 5.23. The molecule has 0 saturated carbocycles. The lowest BCUT2D eigenvalue weighted by molar-refractivity contribution is -0.130. The average Bonchev–Trinajstić information content (AvgIpc) is 2.82. The molecular weight excluding hydrogens is 410 g/mol. The van der Waals surface area contributed by atoms with Crippen LogP contribution < -0.4 is 10.1 Å². The third-order valence-electron chi connectivity index (χ3n) is 7.13. The molecule has 33 heavy (non-hydrogen) atoms. The maximum absolute atomic E-state index is 12.9. The second-order valence-electron chi connectivity index (χ2n) is 10.7. The Kier molecular flexibility index (Phi) is 7.38. The van der Waals surface area contributed by atoms with Crippen molar-refractivity contribution < 1.29 is 9.53 Å². The molecule has 4 rings (SSSR count). The highest BCUT2D eigenvalue weighted by Crippen LogP contribution is 2.34. The van der Waals surface area contributed by atoms with Crippen molar-refractivity contribution >= 4 is 5.91 Å². The zero-order chi connectivity index (χ0) is 23.4. The number of hydrogen-bond donors (Lipinski definition) is 1. The number of piperidine rings is 1. The van der Waals surface area contributed by atoms with Gasteiger partial charge in [-0.1, -0.05) is 32.9 Å². The first-order valence-corrected chi connectivity index (χ1v) is 12.5. The number of fused-ring (bicyclic) bond motifs is 1. The van der Waals surface area contributed by atoms with Gasteiger partial charge in [0.05, 0.1) is 18.8 Å². The lowest BCUT2D eigenvalue weighted by Crippen LogP contribution is -2.45. The molecular formula is C28H39N3O2. The topological polar surface area (TPSA) is 54.5 Å². The molecule has 0 unspecified atom stereocenters. The van der Waals surface area contributed by atoms with Crippen molar-refractivity contribution in [3.63, 3.8) is 0 Å². The van der Waals surface area contributed by atoms with E-state index in [1.807, 2.05) is 45.2 Å². The van der Waals surface area contributed by atoms with Gasteiger partial charge in [0.1, 0.15) is 5.75 Å². The largest absolute Gasteiger partial charge is 0.496 e. The molecule has 5 nitrogen and oxygen atoms in total. The highest BCUT2D eigenvalue weighted by molar-refractivity contribution is 5.81. The summed E-state index contributed by atoms with van der Waals surface area (Å²) < 4.78 is 5.79.